The zero-order valence-electron chi connectivity index (χ0n) is 10.6. The molecule has 0 aliphatic heterocycles. The number of amides is 1. The highest BCUT2D eigenvalue weighted by Crippen LogP contribution is 2.14. The molecule has 1 amide bonds. The molecule has 0 radical (unpaired) electrons. The summed E-state index contributed by atoms with van der Waals surface area (Å²) in [7, 11) is 1.42. The minimum atomic E-state index is -1.16. The van der Waals surface area contributed by atoms with Crippen molar-refractivity contribution in [1.29, 1.82) is 0 Å². The van der Waals surface area contributed by atoms with Crippen LogP contribution < -0.4 is 10.1 Å². The summed E-state index contributed by atoms with van der Waals surface area (Å²) in [5.74, 6) is -1.15. The predicted molar refractivity (Wildman–Crippen MR) is 67.6 cm³/mol. The molecule has 0 saturated heterocycles. The zero-order valence-corrected chi connectivity index (χ0v) is 10.6. The van der Waals surface area contributed by atoms with Gasteiger partial charge in [0, 0.05) is 6.20 Å². The highest BCUT2D eigenvalue weighted by atomic mass is 16.5. The summed E-state index contributed by atoms with van der Waals surface area (Å²) in [5.41, 5.74) is 0.292. The fourth-order valence-electron chi connectivity index (χ4n) is 1.58. The quantitative estimate of drug-likeness (QED) is 0.853. The van der Waals surface area contributed by atoms with Crippen LogP contribution in [0.25, 0.3) is 0 Å². The molecular weight excluding hydrogens is 264 g/mol. The van der Waals surface area contributed by atoms with E-state index in [1.807, 2.05) is 0 Å². The molecule has 2 aromatic rings. The number of aromatic carboxylic acids is 1. The van der Waals surface area contributed by atoms with Crippen LogP contribution in [-0.4, -0.2) is 29.1 Å². The smallest absolute Gasteiger partial charge is 0.371 e. The van der Waals surface area contributed by atoms with Crippen LogP contribution in [0.3, 0.4) is 0 Å². The van der Waals surface area contributed by atoms with E-state index in [-0.39, 0.29) is 24.1 Å². The Hall–Kier alpha value is -2.83. The average Bonchev–Trinajstić information content (AvgIpc) is 2.94. The van der Waals surface area contributed by atoms with Crippen LogP contribution in [0.15, 0.2) is 34.9 Å². The van der Waals surface area contributed by atoms with Crippen molar-refractivity contribution >= 4 is 11.9 Å². The third-order valence-electron chi connectivity index (χ3n) is 2.50. The zero-order chi connectivity index (χ0) is 14.5. The molecule has 0 fully saturated rings. The molecular formula is C13H12N2O5. The van der Waals surface area contributed by atoms with Crippen LogP contribution in [0.5, 0.6) is 5.88 Å². The molecule has 7 nitrogen and oxygen atoms in total. The number of carbonyl (C=O) groups excluding carboxylic acids is 1. The first-order valence-electron chi connectivity index (χ1n) is 5.71. The van der Waals surface area contributed by atoms with Crippen LogP contribution >= 0.6 is 0 Å². The van der Waals surface area contributed by atoms with Gasteiger partial charge in [-0.15, -0.1) is 0 Å². The summed E-state index contributed by atoms with van der Waals surface area (Å²) in [4.78, 5) is 26.5. The summed E-state index contributed by atoms with van der Waals surface area (Å²) in [6.45, 7) is 0.0736. The largest absolute Gasteiger partial charge is 0.480 e. The molecule has 0 saturated carbocycles. The van der Waals surface area contributed by atoms with E-state index in [1.54, 1.807) is 12.1 Å². The second kappa shape index (κ2) is 5.87. The van der Waals surface area contributed by atoms with E-state index in [1.165, 1.54) is 25.4 Å². The molecule has 2 heterocycles. The maximum atomic E-state index is 11.9. The highest BCUT2D eigenvalue weighted by molar-refractivity contribution is 5.96. The Morgan fingerprint density at radius 2 is 2.20 bits per heavy atom. The summed E-state index contributed by atoms with van der Waals surface area (Å²) in [6, 6.07) is 6.01. The molecule has 0 bridgehead atoms. The predicted octanol–water partition coefficient (Wildman–Crippen LogP) is 1.31. The van der Waals surface area contributed by atoms with E-state index < -0.39 is 5.97 Å². The van der Waals surface area contributed by atoms with Crippen molar-refractivity contribution in [1.82, 2.24) is 10.3 Å². The number of furan rings is 1. The lowest BCUT2D eigenvalue weighted by molar-refractivity contribution is 0.0660. The van der Waals surface area contributed by atoms with Gasteiger partial charge in [-0.1, -0.05) is 0 Å². The van der Waals surface area contributed by atoms with Crippen molar-refractivity contribution in [2.75, 3.05) is 7.11 Å². The molecule has 0 spiro atoms. The molecule has 0 atom stereocenters. The number of aromatic nitrogens is 1. The average molecular weight is 276 g/mol. The normalized spacial score (nSPS) is 10.1. The first-order valence-corrected chi connectivity index (χ1v) is 5.71. The van der Waals surface area contributed by atoms with Crippen LogP contribution in [0.1, 0.15) is 26.7 Å². The number of methoxy groups -OCH3 is 1. The number of hydrogen-bond acceptors (Lipinski definition) is 5. The molecule has 104 valence electrons. The Morgan fingerprint density at radius 3 is 2.85 bits per heavy atom. The minimum absolute atomic E-state index is 0.0736. The van der Waals surface area contributed by atoms with Gasteiger partial charge in [-0.2, -0.15) is 0 Å². The summed E-state index contributed by atoms with van der Waals surface area (Å²) in [5, 5.41) is 11.3. The van der Waals surface area contributed by atoms with Gasteiger partial charge in [0.25, 0.3) is 5.91 Å². The van der Waals surface area contributed by atoms with Crippen LogP contribution in [0, 0.1) is 0 Å². The van der Waals surface area contributed by atoms with Crippen molar-refractivity contribution < 1.29 is 23.8 Å². The van der Waals surface area contributed by atoms with Crippen molar-refractivity contribution in [3.05, 3.63) is 47.5 Å². The van der Waals surface area contributed by atoms with E-state index in [9.17, 15) is 9.59 Å². The number of pyridine rings is 1. The Balaban J connectivity index is 2.03. The maximum absolute atomic E-state index is 11.9. The molecule has 20 heavy (non-hydrogen) atoms. The van der Waals surface area contributed by atoms with E-state index >= 15 is 0 Å². The van der Waals surface area contributed by atoms with Gasteiger partial charge in [0.2, 0.25) is 11.6 Å². The van der Waals surface area contributed by atoms with Gasteiger partial charge >= 0.3 is 5.97 Å². The Bertz CT molecular complexity index is 635. The highest BCUT2D eigenvalue weighted by Gasteiger charge is 2.14. The van der Waals surface area contributed by atoms with Gasteiger partial charge < -0.3 is 19.6 Å². The Kier molecular flexibility index (Phi) is 3.99. The lowest BCUT2D eigenvalue weighted by atomic mass is 10.2. The van der Waals surface area contributed by atoms with Crippen LogP contribution in [-0.2, 0) is 6.54 Å². The second-order valence-electron chi connectivity index (χ2n) is 3.81. The van der Waals surface area contributed by atoms with E-state index in [4.69, 9.17) is 14.3 Å². The summed E-state index contributed by atoms with van der Waals surface area (Å²) in [6.07, 6.45) is 1.52. The van der Waals surface area contributed by atoms with Crippen LogP contribution in [0.4, 0.5) is 0 Å². The fourth-order valence-corrected chi connectivity index (χ4v) is 1.58. The van der Waals surface area contributed by atoms with Gasteiger partial charge in [0.05, 0.1) is 13.7 Å². The molecule has 0 aromatic carbocycles. The van der Waals surface area contributed by atoms with E-state index in [0.717, 1.165) is 0 Å². The summed E-state index contributed by atoms with van der Waals surface area (Å²) < 4.78 is 10.0. The van der Waals surface area contributed by atoms with Crippen molar-refractivity contribution in [3.63, 3.8) is 0 Å². The molecule has 0 aliphatic rings. The first-order chi connectivity index (χ1) is 9.61. The molecule has 0 aliphatic carbocycles. The number of rotatable bonds is 5. The third kappa shape index (κ3) is 2.94. The topological polar surface area (TPSA) is 102 Å². The number of carboxylic acid groups (broad SMARTS) is 1. The van der Waals surface area contributed by atoms with E-state index in [0.29, 0.717) is 11.3 Å². The SMILES string of the molecule is COc1ncccc1C(=O)NCc1ccc(C(=O)O)o1. The molecule has 2 N–H and O–H groups in total. The monoisotopic (exact) mass is 276 g/mol. The lowest BCUT2D eigenvalue weighted by Gasteiger charge is -2.06. The van der Waals surface area contributed by atoms with Gasteiger partial charge in [0.15, 0.2) is 0 Å². The molecule has 2 aromatic heterocycles. The van der Waals surface area contributed by atoms with Crippen molar-refractivity contribution in [3.8, 4) is 5.88 Å². The van der Waals surface area contributed by atoms with Crippen LogP contribution in [0.2, 0.25) is 0 Å². The molecule has 0 unspecified atom stereocenters. The third-order valence-corrected chi connectivity index (χ3v) is 2.50. The standard InChI is InChI=1S/C13H12N2O5/c1-19-12-9(3-2-6-14-12)11(16)15-7-8-4-5-10(20-8)13(17)18/h2-6H,7H2,1H3,(H,15,16)(H,17,18). The number of hydrogen-bond donors (Lipinski definition) is 2. The van der Waals surface area contributed by atoms with Crippen molar-refractivity contribution in [2.45, 2.75) is 6.54 Å². The van der Waals surface area contributed by atoms with Gasteiger partial charge in [-0.25, -0.2) is 9.78 Å². The number of nitrogens with zero attached hydrogens (tertiary/aromatic N) is 1. The molecule has 7 heteroatoms. The maximum Gasteiger partial charge on any atom is 0.371 e. The number of carboxylic acids is 1. The van der Waals surface area contributed by atoms with Crippen molar-refractivity contribution in [2.24, 2.45) is 0 Å². The van der Waals surface area contributed by atoms with Gasteiger partial charge in [-0.05, 0) is 24.3 Å². The van der Waals surface area contributed by atoms with Gasteiger partial charge in [-0.3, -0.25) is 4.79 Å². The molecule has 2 rings (SSSR count). The van der Waals surface area contributed by atoms with Gasteiger partial charge in [0.1, 0.15) is 11.3 Å². The Morgan fingerprint density at radius 1 is 1.40 bits per heavy atom. The first kappa shape index (κ1) is 13.6. The number of nitrogens with one attached hydrogen (secondary N) is 1. The minimum Gasteiger partial charge on any atom is -0.480 e. The second-order valence-corrected chi connectivity index (χ2v) is 3.81. The Labute approximate surface area is 114 Å². The number of carbonyl (C=O) groups is 2. The fraction of sp³-hybridized carbons (Fsp3) is 0.154. The lowest BCUT2D eigenvalue weighted by Crippen LogP contribution is -2.23. The number of ether oxygens (including phenoxy) is 1. The van der Waals surface area contributed by atoms with E-state index in [2.05, 4.69) is 10.3 Å². The summed E-state index contributed by atoms with van der Waals surface area (Å²) >= 11 is 0.